The van der Waals surface area contributed by atoms with Crippen molar-refractivity contribution in [1.82, 2.24) is 15.0 Å². The molecule has 2 heterocycles. The van der Waals surface area contributed by atoms with Crippen LogP contribution in [-0.4, -0.2) is 15.0 Å². The van der Waals surface area contributed by atoms with Gasteiger partial charge in [-0.1, -0.05) is 206 Å². The highest BCUT2D eigenvalue weighted by atomic mass is 16.3. The zero-order valence-corrected chi connectivity index (χ0v) is 33.1. The lowest BCUT2D eigenvalue weighted by molar-refractivity contribution is 0.670. The van der Waals surface area contributed by atoms with E-state index in [0.29, 0.717) is 17.5 Å². The van der Waals surface area contributed by atoms with Crippen LogP contribution in [0.3, 0.4) is 0 Å². The Morgan fingerprint density at radius 2 is 0.639 bits per heavy atom. The maximum Gasteiger partial charge on any atom is 0.164 e. The lowest BCUT2D eigenvalue weighted by atomic mass is 9.97. The Labute approximate surface area is 354 Å². The van der Waals surface area contributed by atoms with Gasteiger partial charge in [0.2, 0.25) is 0 Å². The van der Waals surface area contributed by atoms with Gasteiger partial charge in [-0.15, -0.1) is 0 Å². The van der Waals surface area contributed by atoms with Gasteiger partial charge in [-0.05, 0) is 68.3 Å². The molecule has 0 radical (unpaired) electrons. The highest BCUT2D eigenvalue weighted by molar-refractivity contribution is 6.15. The topological polar surface area (TPSA) is 51.8 Å². The number of para-hydroxylation sites is 1. The standard InChI is InChI=1S/C57H37N3O/c1-4-14-38(15-5-1)41-28-32-43(33-29-41)55-58-56(44-34-30-42(31-35-44)46-21-10-20-45(36-46)39-16-6-2-7-17-39)60-57(59-55)51-26-13-27-52-53(51)50-25-12-24-49(54(50)61-52)48-23-11-22-47(37-48)40-18-8-3-9-19-40/h1-37H. The molecule has 2 aromatic heterocycles. The number of benzene rings is 9. The second kappa shape index (κ2) is 15.5. The maximum atomic E-state index is 6.75. The third-order valence-corrected chi connectivity index (χ3v) is 11.4. The minimum absolute atomic E-state index is 0.580. The lowest BCUT2D eigenvalue weighted by Gasteiger charge is -2.11. The van der Waals surface area contributed by atoms with Crippen LogP contribution in [0.4, 0.5) is 0 Å². The second-order valence-corrected chi connectivity index (χ2v) is 15.2. The van der Waals surface area contributed by atoms with Crippen molar-refractivity contribution in [3.8, 4) is 89.8 Å². The van der Waals surface area contributed by atoms with Crippen LogP contribution in [0.15, 0.2) is 229 Å². The molecule has 0 unspecified atom stereocenters. The Kier molecular flexibility index (Phi) is 9.14. The van der Waals surface area contributed by atoms with E-state index < -0.39 is 0 Å². The van der Waals surface area contributed by atoms with Gasteiger partial charge in [-0.3, -0.25) is 0 Å². The van der Waals surface area contributed by atoms with Crippen molar-refractivity contribution in [2.75, 3.05) is 0 Å². The summed E-state index contributed by atoms with van der Waals surface area (Å²) in [6.45, 7) is 0. The molecule has 0 aliphatic heterocycles. The molecule has 9 aromatic carbocycles. The largest absolute Gasteiger partial charge is 0.455 e. The van der Waals surface area contributed by atoms with E-state index in [1.165, 1.54) is 16.7 Å². The Morgan fingerprint density at radius 1 is 0.262 bits per heavy atom. The molecule has 11 aromatic rings. The van der Waals surface area contributed by atoms with Crippen LogP contribution in [0.25, 0.3) is 112 Å². The summed E-state index contributed by atoms with van der Waals surface area (Å²) in [5.41, 5.74) is 15.7. The minimum atomic E-state index is 0.580. The highest BCUT2D eigenvalue weighted by Gasteiger charge is 2.20. The van der Waals surface area contributed by atoms with Crippen LogP contribution < -0.4 is 0 Å². The van der Waals surface area contributed by atoms with E-state index in [2.05, 4.69) is 194 Å². The summed E-state index contributed by atoms with van der Waals surface area (Å²) in [5.74, 6) is 1.78. The highest BCUT2D eigenvalue weighted by Crippen LogP contribution is 2.41. The summed E-state index contributed by atoms with van der Waals surface area (Å²) >= 11 is 0. The van der Waals surface area contributed by atoms with E-state index in [9.17, 15) is 0 Å². The molecule has 0 saturated carbocycles. The molecule has 0 saturated heterocycles. The van der Waals surface area contributed by atoms with Gasteiger partial charge in [0, 0.05) is 33.0 Å². The molecule has 0 fully saturated rings. The number of hydrogen-bond donors (Lipinski definition) is 0. The van der Waals surface area contributed by atoms with Gasteiger partial charge < -0.3 is 4.42 Å². The van der Waals surface area contributed by atoms with Crippen molar-refractivity contribution in [2.45, 2.75) is 0 Å². The van der Waals surface area contributed by atoms with Crippen LogP contribution in [0.5, 0.6) is 0 Å². The predicted octanol–water partition coefficient (Wildman–Crippen LogP) is 15.1. The zero-order chi connectivity index (χ0) is 40.5. The Bertz CT molecular complexity index is 3320. The lowest BCUT2D eigenvalue weighted by Crippen LogP contribution is -2.00. The summed E-state index contributed by atoms with van der Waals surface area (Å²) in [6, 6.07) is 78.1. The molecule has 11 rings (SSSR count). The molecule has 0 spiro atoms. The molecule has 0 aliphatic carbocycles. The monoisotopic (exact) mass is 779 g/mol. The van der Waals surface area contributed by atoms with Gasteiger partial charge in [0.15, 0.2) is 17.5 Å². The number of rotatable bonds is 8. The van der Waals surface area contributed by atoms with Gasteiger partial charge in [-0.2, -0.15) is 0 Å². The summed E-state index contributed by atoms with van der Waals surface area (Å²) in [6.07, 6.45) is 0. The smallest absolute Gasteiger partial charge is 0.164 e. The van der Waals surface area contributed by atoms with Gasteiger partial charge in [0.25, 0.3) is 0 Å². The van der Waals surface area contributed by atoms with E-state index in [1.54, 1.807) is 0 Å². The minimum Gasteiger partial charge on any atom is -0.455 e. The van der Waals surface area contributed by atoms with Gasteiger partial charge >= 0.3 is 0 Å². The number of nitrogens with zero attached hydrogens (tertiary/aromatic N) is 3. The first-order chi connectivity index (χ1) is 30.2. The van der Waals surface area contributed by atoms with Crippen LogP contribution in [0, 0.1) is 0 Å². The van der Waals surface area contributed by atoms with Gasteiger partial charge in [0.1, 0.15) is 11.2 Å². The molecule has 61 heavy (non-hydrogen) atoms. The molecule has 0 aliphatic rings. The molecule has 0 amide bonds. The molecule has 4 heteroatoms. The van der Waals surface area contributed by atoms with E-state index in [0.717, 1.165) is 77.6 Å². The zero-order valence-electron chi connectivity index (χ0n) is 33.1. The molecule has 4 nitrogen and oxygen atoms in total. The molecule has 0 bridgehead atoms. The van der Waals surface area contributed by atoms with Crippen LogP contribution in [0.2, 0.25) is 0 Å². The van der Waals surface area contributed by atoms with Crippen LogP contribution in [-0.2, 0) is 0 Å². The number of aromatic nitrogens is 3. The average Bonchev–Trinajstić information content (AvgIpc) is 3.74. The molecule has 0 atom stereocenters. The summed E-state index contributed by atoms with van der Waals surface area (Å²) < 4.78 is 6.75. The third-order valence-electron chi connectivity index (χ3n) is 11.4. The summed E-state index contributed by atoms with van der Waals surface area (Å²) in [4.78, 5) is 15.6. The van der Waals surface area contributed by atoms with Crippen molar-refractivity contribution in [3.63, 3.8) is 0 Å². The fraction of sp³-hybridized carbons (Fsp3) is 0. The van der Waals surface area contributed by atoms with Crippen molar-refractivity contribution < 1.29 is 4.42 Å². The summed E-state index contributed by atoms with van der Waals surface area (Å²) in [7, 11) is 0. The molecule has 286 valence electrons. The first-order valence-electron chi connectivity index (χ1n) is 20.5. The Hall–Kier alpha value is -8.21. The van der Waals surface area contributed by atoms with Crippen LogP contribution >= 0.6 is 0 Å². The second-order valence-electron chi connectivity index (χ2n) is 15.2. The van der Waals surface area contributed by atoms with Crippen molar-refractivity contribution in [3.05, 3.63) is 224 Å². The Morgan fingerprint density at radius 3 is 1.20 bits per heavy atom. The first kappa shape index (κ1) is 35.9. The van der Waals surface area contributed by atoms with Crippen molar-refractivity contribution >= 4 is 21.9 Å². The van der Waals surface area contributed by atoms with E-state index in [1.807, 2.05) is 30.3 Å². The number of furan rings is 1. The van der Waals surface area contributed by atoms with Gasteiger partial charge in [0.05, 0.1) is 0 Å². The first-order valence-corrected chi connectivity index (χ1v) is 20.5. The average molecular weight is 780 g/mol. The van der Waals surface area contributed by atoms with Crippen molar-refractivity contribution in [1.29, 1.82) is 0 Å². The maximum absolute atomic E-state index is 6.75. The van der Waals surface area contributed by atoms with E-state index in [-0.39, 0.29) is 0 Å². The van der Waals surface area contributed by atoms with Crippen LogP contribution in [0.1, 0.15) is 0 Å². The Balaban J connectivity index is 1.03. The number of fused-ring (bicyclic) bond motifs is 3. The molecular weight excluding hydrogens is 743 g/mol. The SMILES string of the molecule is c1ccc(-c2ccc(-c3nc(-c4ccc(-c5cccc(-c6ccccc6)c5)cc4)nc(-c4cccc5oc6c(-c7cccc(-c8ccccc8)c7)cccc6c45)n3)cc2)cc1. The fourth-order valence-corrected chi connectivity index (χ4v) is 8.28. The van der Waals surface area contributed by atoms with Gasteiger partial charge in [-0.25, -0.2) is 15.0 Å². The fourth-order valence-electron chi connectivity index (χ4n) is 8.28. The third kappa shape index (κ3) is 6.96. The predicted molar refractivity (Wildman–Crippen MR) is 251 cm³/mol. The van der Waals surface area contributed by atoms with E-state index in [4.69, 9.17) is 19.4 Å². The molecular formula is C57H37N3O. The van der Waals surface area contributed by atoms with Crippen molar-refractivity contribution in [2.24, 2.45) is 0 Å². The van der Waals surface area contributed by atoms with E-state index >= 15 is 0 Å². The normalized spacial score (nSPS) is 11.3. The summed E-state index contributed by atoms with van der Waals surface area (Å²) in [5, 5.41) is 1.97. The number of hydrogen-bond acceptors (Lipinski definition) is 4. The molecule has 0 N–H and O–H groups in total. The quantitative estimate of drug-likeness (QED) is 0.154.